The summed E-state index contributed by atoms with van der Waals surface area (Å²) in [5, 5.41) is 8.11. The Kier molecular flexibility index (Phi) is 6.70. The first-order chi connectivity index (χ1) is 10.2. The molecule has 1 aromatic carbocycles. The van der Waals surface area contributed by atoms with Gasteiger partial charge in [-0.3, -0.25) is 4.68 Å². The van der Waals surface area contributed by atoms with E-state index in [4.69, 9.17) is 0 Å². The van der Waals surface area contributed by atoms with Crippen LogP contribution in [0.1, 0.15) is 43.9 Å². The predicted molar refractivity (Wildman–Crippen MR) is 99.5 cm³/mol. The van der Waals surface area contributed by atoms with Crippen LogP contribution in [0.4, 0.5) is 0 Å². The van der Waals surface area contributed by atoms with Gasteiger partial charge in [0, 0.05) is 26.3 Å². The molecule has 0 aliphatic rings. The fourth-order valence-electron chi connectivity index (χ4n) is 2.31. The second-order valence-electron chi connectivity index (χ2n) is 5.09. The van der Waals surface area contributed by atoms with Crippen molar-refractivity contribution in [3.05, 3.63) is 49.8 Å². The molecule has 0 aliphatic heterocycles. The van der Waals surface area contributed by atoms with Crippen LogP contribution in [0.25, 0.3) is 0 Å². The first kappa shape index (κ1) is 17.0. The molecule has 0 saturated heterocycles. The lowest BCUT2D eigenvalue weighted by molar-refractivity contribution is 0.587. The summed E-state index contributed by atoms with van der Waals surface area (Å²) in [5.74, 6) is 0. The zero-order valence-electron chi connectivity index (χ0n) is 12.4. The Labute approximate surface area is 148 Å². The number of hydrogen-bond acceptors (Lipinski definition) is 2. The maximum Gasteiger partial charge on any atom is 0.0619 e. The van der Waals surface area contributed by atoms with Gasteiger partial charge in [0.2, 0.25) is 0 Å². The van der Waals surface area contributed by atoms with Crippen LogP contribution in [-0.2, 0) is 6.54 Å². The van der Waals surface area contributed by atoms with Crippen LogP contribution in [0.2, 0.25) is 0 Å². The molecule has 0 aliphatic carbocycles. The topological polar surface area (TPSA) is 29.9 Å². The third-order valence-electron chi connectivity index (χ3n) is 3.31. The van der Waals surface area contributed by atoms with Gasteiger partial charge >= 0.3 is 0 Å². The first-order valence-corrected chi connectivity index (χ1v) is 9.23. The van der Waals surface area contributed by atoms with E-state index in [9.17, 15) is 0 Å². The minimum Gasteiger partial charge on any atom is -0.306 e. The average molecular weight is 462 g/mol. The number of nitrogens with zero attached hydrogens (tertiary/aromatic N) is 2. The molecular formula is C16H21BrIN3. The number of benzene rings is 1. The third-order valence-corrected chi connectivity index (χ3v) is 4.70. The smallest absolute Gasteiger partial charge is 0.0619 e. The molecule has 0 amide bonds. The molecule has 114 valence electrons. The van der Waals surface area contributed by atoms with Crippen LogP contribution >= 0.6 is 38.5 Å². The molecule has 1 N–H and O–H groups in total. The standard InChI is InChI=1S/C16H21BrIN3/c1-3-7-19-16(12-10-20-21(11-12)8-4-2)14-9-13(18)5-6-15(14)17/h5-6,9-11,16,19H,3-4,7-8H2,1-2H3. The van der Waals surface area contributed by atoms with E-state index in [0.717, 1.165) is 30.4 Å². The summed E-state index contributed by atoms with van der Waals surface area (Å²) in [5.41, 5.74) is 2.49. The molecular weight excluding hydrogens is 441 g/mol. The van der Waals surface area contributed by atoms with Crippen molar-refractivity contribution in [3.8, 4) is 0 Å². The molecule has 0 bridgehead atoms. The summed E-state index contributed by atoms with van der Waals surface area (Å²) >= 11 is 6.05. The molecule has 0 fully saturated rings. The summed E-state index contributed by atoms with van der Waals surface area (Å²) in [7, 11) is 0. The van der Waals surface area contributed by atoms with Gasteiger partial charge in [0.1, 0.15) is 0 Å². The fraction of sp³-hybridized carbons (Fsp3) is 0.438. The molecule has 21 heavy (non-hydrogen) atoms. The van der Waals surface area contributed by atoms with Gasteiger partial charge in [-0.05, 0) is 65.7 Å². The number of aryl methyl sites for hydroxylation is 1. The molecule has 2 aromatic rings. The highest BCUT2D eigenvalue weighted by molar-refractivity contribution is 14.1. The number of nitrogens with one attached hydrogen (secondary N) is 1. The van der Waals surface area contributed by atoms with Gasteiger partial charge in [-0.25, -0.2) is 0 Å². The van der Waals surface area contributed by atoms with E-state index in [0.29, 0.717) is 0 Å². The van der Waals surface area contributed by atoms with Crippen molar-refractivity contribution in [3.63, 3.8) is 0 Å². The Morgan fingerprint density at radius 3 is 2.86 bits per heavy atom. The summed E-state index contributed by atoms with van der Waals surface area (Å²) in [6.07, 6.45) is 6.35. The maximum atomic E-state index is 4.47. The molecule has 0 saturated carbocycles. The van der Waals surface area contributed by atoms with E-state index in [1.165, 1.54) is 14.7 Å². The Bertz CT molecular complexity index is 583. The van der Waals surface area contributed by atoms with Gasteiger partial charge in [0.05, 0.1) is 12.2 Å². The Morgan fingerprint density at radius 1 is 1.33 bits per heavy atom. The molecule has 0 spiro atoms. The summed E-state index contributed by atoms with van der Waals surface area (Å²) in [6.45, 7) is 6.31. The normalized spacial score (nSPS) is 12.6. The first-order valence-electron chi connectivity index (χ1n) is 7.36. The zero-order valence-corrected chi connectivity index (χ0v) is 16.2. The minimum absolute atomic E-state index is 0.180. The number of aromatic nitrogens is 2. The van der Waals surface area contributed by atoms with Gasteiger partial charge in [-0.2, -0.15) is 5.10 Å². The number of hydrogen-bond donors (Lipinski definition) is 1. The molecule has 1 atom stereocenters. The molecule has 3 nitrogen and oxygen atoms in total. The molecule has 0 radical (unpaired) electrons. The fourth-order valence-corrected chi connectivity index (χ4v) is 3.30. The molecule has 1 heterocycles. The van der Waals surface area contributed by atoms with Gasteiger partial charge in [-0.15, -0.1) is 0 Å². The number of halogens is 2. The van der Waals surface area contributed by atoms with Crippen LogP contribution in [-0.4, -0.2) is 16.3 Å². The second-order valence-corrected chi connectivity index (χ2v) is 7.19. The Balaban J connectivity index is 2.34. The molecule has 2 rings (SSSR count). The van der Waals surface area contributed by atoms with E-state index in [1.54, 1.807) is 0 Å². The second kappa shape index (κ2) is 8.29. The summed E-state index contributed by atoms with van der Waals surface area (Å²) < 4.78 is 4.41. The van der Waals surface area contributed by atoms with E-state index < -0.39 is 0 Å². The predicted octanol–water partition coefficient (Wildman–Crippen LogP) is 4.75. The van der Waals surface area contributed by atoms with E-state index in [1.807, 2.05) is 10.9 Å². The van der Waals surface area contributed by atoms with Crippen molar-refractivity contribution >= 4 is 38.5 Å². The lowest BCUT2D eigenvalue weighted by Crippen LogP contribution is -2.23. The quantitative estimate of drug-likeness (QED) is 0.603. The van der Waals surface area contributed by atoms with Crippen LogP contribution in [0.3, 0.4) is 0 Å². The van der Waals surface area contributed by atoms with Crippen molar-refractivity contribution in [1.82, 2.24) is 15.1 Å². The highest BCUT2D eigenvalue weighted by Gasteiger charge is 2.18. The van der Waals surface area contributed by atoms with Crippen molar-refractivity contribution in [2.75, 3.05) is 6.54 Å². The number of rotatable bonds is 7. The highest BCUT2D eigenvalue weighted by Crippen LogP contribution is 2.30. The van der Waals surface area contributed by atoms with Crippen LogP contribution < -0.4 is 5.32 Å². The van der Waals surface area contributed by atoms with Gasteiger partial charge in [-0.1, -0.05) is 29.8 Å². The van der Waals surface area contributed by atoms with E-state index in [-0.39, 0.29) is 6.04 Å². The van der Waals surface area contributed by atoms with Gasteiger partial charge in [0.15, 0.2) is 0 Å². The largest absolute Gasteiger partial charge is 0.306 e. The summed E-state index contributed by atoms with van der Waals surface area (Å²) in [4.78, 5) is 0. The van der Waals surface area contributed by atoms with Crippen molar-refractivity contribution in [2.24, 2.45) is 0 Å². The van der Waals surface area contributed by atoms with Crippen molar-refractivity contribution in [2.45, 2.75) is 39.3 Å². The van der Waals surface area contributed by atoms with Crippen LogP contribution in [0, 0.1) is 3.57 Å². The Hall–Kier alpha value is -0.400. The maximum absolute atomic E-state index is 4.47. The van der Waals surface area contributed by atoms with Gasteiger partial charge in [0.25, 0.3) is 0 Å². The monoisotopic (exact) mass is 461 g/mol. The van der Waals surface area contributed by atoms with E-state index in [2.05, 4.69) is 87.2 Å². The zero-order chi connectivity index (χ0) is 15.2. The average Bonchev–Trinajstić information content (AvgIpc) is 2.92. The van der Waals surface area contributed by atoms with Crippen molar-refractivity contribution in [1.29, 1.82) is 0 Å². The van der Waals surface area contributed by atoms with Crippen LogP contribution in [0.5, 0.6) is 0 Å². The van der Waals surface area contributed by atoms with Crippen LogP contribution in [0.15, 0.2) is 35.1 Å². The minimum atomic E-state index is 0.180. The van der Waals surface area contributed by atoms with E-state index >= 15 is 0 Å². The third kappa shape index (κ3) is 4.53. The Morgan fingerprint density at radius 2 is 2.14 bits per heavy atom. The molecule has 1 aromatic heterocycles. The summed E-state index contributed by atoms with van der Waals surface area (Å²) in [6, 6.07) is 6.65. The lowest BCUT2D eigenvalue weighted by Gasteiger charge is -2.19. The highest BCUT2D eigenvalue weighted by atomic mass is 127. The SMILES string of the molecule is CCCNC(c1cnn(CCC)c1)c1cc(I)ccc1Br. The molecule has 5 heteroatoms. The molecule has 1 unspecified atom stereocenters. The van der Waals surface area contributed by atoms with Gasteiger partial charge < -0.3 is 5.32 Å². The van der Waals surface area contributed by atoms with Crippen molar-refractivity contribution < 1.29 is 0 Å². The lowest BCUT2D eigenvalue weighted by atomic mass is 10.0.